The zero-order chi connectivity index (χ0) is 12.4. The largest absolute Gasteiger partial charge is 0.379 e. The minimum atomic E-state index is -0.685. The molecule has 8 heteroatoms. The van der Waals surface area contributed by atoms with Crippen molar-refractivity contribution in [3.63, 3.8) is 0 Å². The quantitative estimate of drug-likeness (QED) is 0.408. The minimum absolute atomic E-state index is 0.162. The molecule has 0 fully saturated rings. The summed E-state index contributed by atoms with van der Waals surface area (Å²) < 4.78 is 17.6. The maximum Gasteiger partial charge on any atom is 0.199 e. The summed E-state index contributed by atoms with van der Waals surface area (Å²) in [5.74, 6) is -1.38. The predicted molar refractivity (Wildman–Crippen MR) is 56.2 cm³/mol. The van der Waals surface area contributed by atoms with Gasteiger partial charge < -0.3 is 5.73 Å². The lowest BCUT2D eigenvalue weighted by Gasteiger charge is -2.16. The Labute approximate surface area is 94.7 Å². The average molecular weight is 237 g/mol. The number of anilines is 2. The first kappa shape index (κ1) is 11.0. The van der Waals surface area contributed by atoms with E-state index in [1.165, 1.54) is 18.2 Å². The number of para-hydroxylation sites is 1. The van der Waals surface area contributed by atoms with Crippen molar-refractivity contribution in [1.29, 1.82) is 5.41 Å². The molecule has 17 heavy (non-hydrogen) atoms. The standard InChI is InChI=1S/C9H8FN5O2/c10-5-3-1-2-4-6(5)15(16)9(12)7-8(11)14-17-13-7/h1-4,12,16H,(H2,11,14). The van der Waals surface area contributed by atoms with Crippen molar-refractivity contribution < 1.29 is 14.2 Å². The smallest absolute Gasteiger partial charge is 0.199 e. The molecule has 1 heterocycles. The second-order valence-electron chi connectivity index (χ2n) is 3.11. The third-order valence-corrected chi connectivity index (χ3v) is 2.03. The summed E-state index contributed by atoms with van der Waals surface area (Å²) in [5.41, 5.74) is 4.99. The van der Waals surface area contributed by atoms with Crippen LogP contribution in [0.25, 0.3) is 0 Å². The molecule has 0 saturated carbocycles. The molecule has 7 nitrogen and oxygen atoms in total. The van der Waals surface area contributed by atoms with Gasteiger partial charge >= 0.3 is 0 Å². The molecule has 0 aliphatic rings. The van der Waals surface area contributed by atoms with E-state index < -0.39 is 11.7 Å². The van der Waals surface area contributed by atoms with Crippen LogP contribution >= 0.6 is 0 Å². The van der Waals surface area contributed by atoms with Crippen LogP contribution in [0.2, 0.25) is 0 Å². The highest BCUT2D eigenvalue weighted by Gasteiger charge is 2.21. The fourth-order valence-electron chi connectivity index (χ4n) is 1.20. The molecule has 0 atom stereocenters. The number of hydrogen-bond donors (Lipinski definition) is 3. The van der Waals surface area contributed by atoms with Crippen LogP contribution in [0, 0.1) is 11.2 Å². The van der Waals surface area contributed by atoms with E-state index in [-0.39, 0.29) is 17.2 Å². The molecule has 2 aromatic rings. The van der Waals surface area contributed by atoms with Crippen molar-refractivity contribution in [3.8, 4) is 0 Å². The predicted octanol–water partition coefficient (Wildman–Crippen LogP) is 1.01. The molecule has 1 aromatic carbocycles. The highest BCUT2D eigenvalue weighted by atomic mass is 19.1. The van der Waals surface area contributed by atoms with Crippen LogP contribution in [0.5, 0.6) is 0 Å². The maximum atomic E-state index is 13.4. The van der Waals surface area contributed by atoms with Gasteiger partial charge in [0.2, 0.25) is 0 Å². The van der Waals surface area contributed by atoms with E-state index >= 15 is 0 Å². The number of amidine groups is 1. The van der Waals surface area contributed by atoms with Crippen molar-refractivity contribution in [3.05, 3.63) is 35.8 Å². The SMILES string of the molecule is N=C(c1nonc1N)N(O)c1ccccc1F. The van der Waals surface area contributed by atoms with Gasteiger partial charge in [0.15, 0.2) is 17.3 Å². The molecule has 0 spiro atoms. The number of nitrogens with one attached hydrogen (secondary N) is 1. The summed E-state index contributed by atoms with van der Waals surface area (Å²) in [6, 6.07) is 5.42. The first-order chi connectivity index (χ1) is 8.11. The molecule has 0 unspecified atom stereocenters. The number of nitrogen functional groups attached to an aromatic ring is 1. The van der Waals surface area contributed by atoms with Crippen LogP contribution in [0.3, 0.4) is 0 Å². The van der Waals surface area contributed by atoms with Crippen LogP contribution in [0.15, 0.2) is 28.9 Å². The van der Waals surface area contributed by atoms with Gasteiger partial charge in [0, 0.05) is 0 Å². The second-order valence-corrected chi connectivity index (χ2v) is 3.11. The zero-order valence-corrected chi connectivity index (χ0v) is 8.46. The lowest BCUT2D eigenvalue weighted by atomic mass is 10.3. The van der Waals surface area contributed by atoms with Crippen molar-refractivity contribution in [2.75, 3.05) is 10.8 Å². The highest BCUT2D eigenvalue weighted by Crippen LogP contribution is 2.19. The third kappa shape index (κ3) is 1.93. The Morgan fingerprint density at radius 3 is 2.71 bits per heavy atom. The van der Waals surface area contributed by atoms with E-state index in [0.29, 0.717) is 5.06 Å². The Bertz CT molecular complexity index is 556. The first-order valence-electron chi connectivity index (χ1n) is 4.51. The highest BCUT2D eigenvalue weighted by molar-refractivity contribution is 6.07. The van der Waals surface area contributed by atoms with Gasteiger partial charge in [-0.1, -0.05) is 12.1 Å². The molecular formula is C9H8FN5O2. The van der Waals surface area contributed by atoms with Crippen molar-refractivity contribution in [2.45, 2.75) is 0 Å². The van der Waals surface area contributed by atoms with Crippen LogP contribution < -0.4 is 10.8 Å². The number of halogens is 1. The monoisotopic (exact) mass is 237 g/mol. The van der Waals surface area contributed by atoms with Crippen LogP contribution in [-0.4, -0.2) is 21.4 Å². The van der Waals surface area contributed by atoms with Crippen LogP contribution in [0.1, 0.15) is 5.69 Å². The average Bonchev–Trinajstić information content (AvgIpc) is 2.74. The maximum absolute atomic E-state index is 13.4. The Morgan fingerprint density at radius 1 is 1.41 bits per heavy atom. The number of hydroxylamine groups is 1. The second kappa shape index (κ2) is 4.18. The van der Waals surface area contributed by atoms with E-state index in [1.807, 2.05) is 0 Å². The topological polar surface area (TPSA) is 112 Å². The van der Waals surface area contributed by atoms with Crippen LogP contribution in [-0.2, 0) is 0 Å². The molecule has 0 saturated heterocycles. The number of benzene rings is 1. The fraction of sp³-hybridized carbons (Fsp3) is 0. The Morgan fingerprint density at radius 2 is 2.12 bits per heavy atom. The summed E-state index contributed by atoms with van der Waals surface area (Å²) in [6.45, 7) is 0. The third-order valence-electron chi connectivity index (χ3n) is 2.03. The van der Waals surface area contributed by atoms with E-state index in [0.717, 1.165) is 6.07 Å². The van der Waals surface area contributed by atoms with E-state index in [9.17, 15) is 9.60 Å². The van der Waals surface area contributed by atoms with Crippen molar-refractivity contribution in [2.24, 2.45) is 0 Å². The normalized spacial score (nSPS) is 10.2. The van der Waals surface area contributed by atoms with Gasteiger partial charge in [0.1, 0.15) is 11.5 Å². The number of hydrogen-bond acceptors (Lipinski definition) is 6. The summed E-state index contributed by atoms with van der Waals surface area (Å²) in [5, 5.41) is 24.2. The Kier molecular flexibility index (Phi) is 2.71. The zero-order valence-electron chi connectivity index (χ0n) is 8.46. The number of aromatic nitrogens is 2. The minimum Gasteiger partial charge on any atom is -0.379 e. The number of nitrogens with zero attached hydrogens (tertiary/aromatic N) is 3. The van der Waals surface area contributed by atoms with Crippen molar-refractivity contribution in [1.82, 2.24) is 10.3 Å². The molecule has 0 aliphatic heterocycles. The van der Waals surface area contributed by atoms with Gasteiger partial charge in [-0.25, -0.2) is 14.1 Å². The van der Waals surface area contributed by atoms with Gasteiger partial charge in [-0.2, -0.15) is 0 Å². The fourth-order valence-corrected chi connectivity index (χ4v) is 1.20. The van der Waals surface area contributed by atoms with Gasteiger partial charge in [0.05, 0.1) is 0 Å². The van der Waals surface area contributed by atoms with Crippen LogP contribution in [0.4, 0.5) is 15.9 Å². The number of rotatable bonds is 2. The molecule has 0 aliphatic carbocycles. The summed E-state index contributed by atoms with van der Waals surface area (Å²) >= 11 is 0. The molecule has 2 rings (SSSR count). The molecule has 1 aromatic heterocycles. The lowest BCUT2D eigenvalue weighted by molar-refractivity contribution is 0.299. The van der Waals surface area contributed by atoms with Gasteiger partial charge in [-0.3, -0.25) is 10.6 Å². The summed E-state index contributed by atoms with van der Waals surface area (Å²) in [4.78, 5) is 0. The van der Waals surface area contributed by atoms with Gasteiger partial charge in [-0.05, 0) is 22.4 Å². The van der Waals surface area contributed by atoms with E-state index in [2.05, 4.69) is 14.9 Å². The molecule has 0 amide bonds. The van der Waals surface area contributed by atoms with E-state index in [1.54, 1.807) is 0 Å². The van der Waals surface area contributed by atoms with Gasteiger partial charge in [-0.15, -0.1) is 0 Å². The Balaban J connectivity index is 2.33. The van der Waals surface area contributed by atoms with Gasteiger partial charge in [0.25, 0.3) is 0 Å². The number of nitrogens with two attached hydrogens (primary N) is 1. The summed E-state index contributed by atoms with van der Waals surface area (Å²) in [6.07, 6.45) is 0. The summed E-state index contributed by atoms with van der Waals surface area (Å²) in [7, 11) is 0. The van der Waals surface area contributed by atoms with Crippen molar-refractivity contribution >= 4 is 17.3 Å². The molecule has 4 N–H and O–H groups in total. The lowest BCUT2D eigenvalue weighted by Crippen LogP contribution is -2.28. The molecular weight excluding hydrogens is 229 g/mol. The molecule has 0 radical (unpaired) electrons. The Hall–Kier alpha value is -2.48. The first-order valence-corrected chi connectivity index (χ1v) is 4.51. The van der Waals surface area contributed by atoms with E-state index in [4.69, 9.17) is 11.1 Å². The molecule has 88 valence electrons. The molecule has 0 bridgehead atoms.